The molecule has 0 bridgehead atoms. The quantitative estimate of drug-likeness (QED) is 0.666. The number of amides is 1. The van der Waals surface area contributed by atoms with Crippen molar-refractivity contribution in [1.29, 1.82) is 0 Å². The molecule has 0 spiro atoms. The van der Waals surface area contributed by atoms with Crippen molar-refractivity contribution in [3.63, 3.8) is 0 Å². The third kappa shape index (κ3) is 2.04. The van der Waals surface area contributed by atoms with Gasteiger partial charge < -0.3 is 10.6 Å². The van der Waals surface area contributed by atoms with E-state index in [0.717, 1.165) is 0 Å². The van der Waals surface area contributed by atoms with Crippen LogP contribution < -0.4 is 10.6 Å². The molecule has 0 aliphatic carbocycles. The maximum absolute atomic E-state index is 11.5. The first-order chi connectivity index (χ1) is 7.38. The zero-order valence-corrected chi connectivity index (χ0v) is 10.2. The van der Waals surface area contributed by atoms with Gasteiger partial charge in [-0.2, -0.15) is 8.42 Å². The van der Waals surface area contributed by atoms with Crippen LogP contribution in [0.3, 0.4) is 0 Å². The minimum absolute atomic E-state index is 0.314. The van der Waals surface area contributed by atoms with E-state index in [4.69, 9.17) is 4.55 Å². The molecule has 1 aliphatic heterocycles. The number of nitrogens with one attached hydrogen (secondary N) is 2. The van der Waals surface area contributed by atoms with Crippen LogP contribution in [0.5, 0.6) is 0 Å². The summed E-state index contributed by atoms with van der Waals surface area (Å²) >= 11 is 3.20. The Hall–Kier alpha value is -1.12. The van der Waals surface area contributed by atoms with E-state index >= 15 is 0 Å². The van der Waals surface area contributed by atoms with E-state index < -0.39 is 21.5 Å². The average molecular weight is 307 g/mol. The number of hydrogen-bond acceptors (Lipinski definition) is 4. The summed E-state index contributed by atoms with van der Waals surface area (Å²) in [4.78, 5) is 11.5. The number of halogens is 1. The number of benzene rings is 1. The van der Waals surface area contributed by atoms with Crippen molar-refractivity contribution < 1.29 is 17.8 Å². The predicted octanol–water partition coefficient (Wildman–Crippen LogP) is 0.776. The Morgan fingerprint density at radius 2 is 2.00 bits per heavy atom. The Morgan fingerprint density at radius 3 is 2.62 bits per heavy atom. The van der Waals surface area contributed by atoms with Crippen LogP contribution in [0, 0.1) is 0 Å². The normalized spacial score (nSPS) is 19.6. The predicted molar refractivity (Wildman–Crippen MR) is 60.6 cm³/mol. The summed E-state index contributed by atoms with van der Waals surface area (Å²) < 4.78 is 31.3. The molecule has 1 aromatic carbocycles. The zero-order valence-electron chi connectivity index (χ0n) is 7.77. The molecule has 0 fully saturated rings. The van der Waals surface area contributed by atoms with Crippen molar-refractivity contribution in [3.05, 3.63) is 28.2 Å². The van der Waals surface area contributed by atoms with Crippen LogP contribution in [0.25, 0.3) is 0 Å². The van der Waals surface area contributed by atoms with Gasteiger partial charge >= 0.3 is 10.1 Å². The van der Waals surface area contributed by atoms with Crippen LogP contribution in [0.4, 0.5) is 5.69 Å². The number of hydrogen-bond donors (Lipinski definition) is 3. The number of rotatable bonds is 1. The number of carbonyl (C=O) groups is 1. The van der Waals surface area contributed by atoms with Gasteiger partial charge in [0.1, 0.15) is 0 Å². The molecule has 3 N–H and O–H groups in total. The summed E-state index contributed by atoms with van der Waals surface area (Å²) in [5, 5.41) is 4.63. The van der Waals surface area contributed by atoms with Gasteiger partial charge in [-0.3, -0.25) is 9.35 Å². The maximum atomic E-state index is 11.5. The van der Waals surface area contributed by atoms with E-state index in [1.807, 2.05) is 0 Å². The minimum Gasteiger partial charge on any atom is -0.350 e. The molecule has 0 saturated heterocycles. The molecule has 0 saturated carbocycles. The monoisotopic (exact) mass is 306 g/mol. The largest absolute Gasteiger partial charge is 0.350 e. The van der Waals surface area contributed by atoms with Crippen LogP contribution in [-0.4, -0.2) is 24.4 Å². The molecule has 0 radical (unpaired) electrons. The lowest BCUT2D eigenvalue weighted by molar-refractivity contribution is 0.0945. The summed E-state index contributed by atoms with van der Waals surface area (Å²) in [6.45, 7) is 0. The van der Waals surface area contributed by atoms with E-state index in [1.165, 1.54) is 0 Å². The fourth-order valence-corrected chi connectivity index (χ4v) is 2.25. The van der Waals surface area contributed by atoms with Crippen molar-refractivity contribution in [3.8, 4) is 0 Å². The third-order valence-corrected chi connectivity index (χ3v) is 3.40. The highest BCUT2D eigenvalue weighted by atomic mass is 79.9. The lowest BCUT2D eigenvalue weighted by Gasteiger charge is -2.25. The Bertz CT molecular complexity index is 557. The molecule has 8 heteroatoms. The number of carbonyl (C=O) groups excluding carboxylic acids is 1. The molecule has 1 amide bonds. The molecule has 1 atom stereocenters. The van der Waals surface area contributed by atoms with Gasteiger partial charge in [-0.05, 0) is 18.2 Å². The fraction of sp³-hybridized carbons (Fsp3) is 0.125. The van der Waals surface area contributed by atoms with E-state index in [9.17, 15) is 13.2 Å². The van der Waals surface area contributed by atoms with Crippen LogP contribution in [0.2, 0.25) is 0 Å². The van der Waals surface area contributed by atoms with Gasteiger partial charge in [0, 0.05) is 10.2 Å². The molecular weight excluding hydrogens is 300 g/mol. The second kappa shape index (κ2) is 3.72. The van der Waals surface area contributed by atoms with Crippen LogP contribution >= 0.6 is 15.9 Å². The first kappa shape index (κ1) is 11.4. The van der Waals surface area contributed by atoms with Crippen LogP contribution in [0.1, 0.15) is 10.4 Å². The lowest BCUT2D eigenvalue weighted by Crippen LogP contribution is -2.49. The summed E-state index contributed by atoms with van der Waals surface area (Å²) in [7, 11) is -4.37. The zero-order chi connectivity index (χ0) is 11.9. The smallest absolute Gasteiger partial charge is 0.305 e. The highest BCUT2D eigenvalue weighted by molar-refractivity contribution is 9.10. The van der Waals surface area contributed by atoms with Crippen molar-refractivity contribution in [2.45, 2.75) is 5.50 Å². The first-order valence-corrected chi connectivity index (χ1v) is 6.51. The molecule has 1 heterocycles. The number of anilines is 1. The third-order valence-electron chi connectivity index (χ3n) is 2.07. The van der Waals surface area contributed by atoms with E-state index in [0.29, 0.717) is 15.7 Å². The van der Waals surface area contributed by atoms with Crippen LogP contribution in [0.15, 0.2) is 22.7 Å². The molecule has 6 nitrogen and oxygen atoms in total. The summed E-state index contributed by atoms with van der Waals surface area (Å²) in [5.41, 5.74) is -0.836. The Labute approximate surface area is 99.9 Å². The van der Waals surface area contributed by atoms with Crippen molar-refractivity contribution >= 4 is 37.6 Å². The standard InChI is InChI=1S/C8H7BrN2O4S/c9-4-1-2-6-5(3-4)7(12)11-8(10-6)16(13,14)15/h1-3,8,10H,(H,11,12)(H,13,14,15). The second-order valence-corrected chi connectivity index (χ2v) is 5.62. The molecule has 0 aromatic heterocycles. The van der Waals surface area contributed by atoms with E-state index in [2.05, 4.69) is 26.6 Å². The maximum Gasteiger partial charge on any atom is 0.305 e. The molecule has 86 valence electrons. The minimum atomic E-state index is -4.37. The Balaban J connectivity index is 2.45. The van der Waals surface area contributed by atoms with Gasteiger partial charge in [0.05, 0.1) is 5.56 Å². The summed E-state index contributed by atoms with van der Waals surface area (Å²) in [6, 6.07) is 4.76. The first-order valence-electron chi connectivity index (χ1n) is 4.21. The number of fused-ring (bicyclic) bond motifs is 1. The lowest BCUT2D eigenvalue weighted by atomic mass is 10.1. The topological polar surface area (TPSA) is 95.5 Å². The Morgan fingerprint density at radius 1 is 1.31 bits per heavy atom. The average Bonchev–Trinajstić information content (AvgIpc) is 2.17. The SMILES string of the molecule is O=C1NC(S(=O)(=O)O)Nc2ccc(Br)cc21. The van der Waals surface area contributed by atoms with Gasteiger partial charge in [0.15, 0.2) is 0 Å². The van der Waals surface area contributed by atoms with Gasteiger partial charge in [-0.25, -0.2) is 0 Å². The second-order valence-electron chi connectivity index (χ2n) is 3.20. The van der Waals surface area contributed by atoms with Gasteiger partial charge in [-0.1, -0.05) is 15.9 Å². The van der Waals surface area contributed by atoms with E-state index in [1.54, 1.807) is 18.2 Å². The van der Waals surface area contributed by atoms with Crippen LogP contribution in [-0.2, 0) is 10.1 Å². The fourth-order valence-electron chi connectivity index (χ4n) is 1.35. The summed E-state index contributed by atoms with van der Waals surface area (Å²) in [6.07, 6.45) is 0. The highest BCUT2D eigenvalue weighted by Gasteiger charge is 2.31. The summed E-state index contributed by atoms with van der Waals surface area (Å²) in [5.74, 6) is -0.558. The van der Waals surface area contributed by atoms with Gasteiger partial charge in [0.2, 0.25) is 5.50 Å². The molecule has 1 unspecified atom stereocenters. The Kier molecular flexibility index (Phi) is 2.64. The molecular formula is C8H7BrN2O4S. The molecule has 1 aromatic rings. The van der Waals surface area contributed by atoms with Crippen molar-refractivity contribution in [2.24, 2.45) is 0 Å². The van der Waals surface area contributed by atoms with Gasteiger partial charge in [-0.15, -0.1) is 0 Å². The van der Waals surface area contributed by atoms with Crippen molar-refractivity contribution in [2.75, 3.05) is 5.32 Å². The highest BCUT2D eigenvalue weighted by Crippen LogP contribution is 2.24. The van der Waals surface area contributed by atoms with Crippen molar-refractivity contribution in [1.82, 2.24) is 5.32 Å². The molecule has 16 heavy (non-hydrogen) atoms. The molecule has 2 rings (SSSR count). The van der Waals surface area contributed by atoms with E-state index in [-0.39, 0.29) is 0 Å². The van der Waals surface area contributed by atoms with Gasteiger partial charge in [0.25, 0.3) is 5.91 Å². The molecule has 1 aliphatic rings.